The van der Waals surface area contributed by atoms with Crippen molar-refractivity contribution in [1.29, 1.82) is 0 Å². The first-order valence-corrected chi connectivity index (χ1v) is 8.93. The van der Waals surface area contributed by atoms with Crippen LogP contribution >= 0.6 is 0 Å². The monoisotopic (exact) mass is 346 g/mol. The molecule has 1 heterocycles. The van der Waals surface area contributed by atoms with E-state index in [-0.39, 0.29) is 17.2 Å². The van der Waals surface area contributed by atoms with Crippen molar-refractivity contribution >= 4 is 17.5 Å². The summed E-state index contributed by atoms with van der Waals surface area (Å²) in [5.41, 5.74) is 6.16. The molecule has 1 aliphatic rings. The number of hydrogen-bond acceptors (Lipinski definition) is 4. The molecule has 1 saturated heterocycles. The quantitative estimate of drug-likeness (QED) is 0.798. The first-order chi connectivity index (χ1) is 11.8. The van der Waals surface area contributed by atoms with Gasteiger partial charge in [0.25, 0.3) is 0 Å². The third-order valence-corrected chi connectivity index (χ3v) is 4.18. The molecule has 6 heteroatoms. The Balaban J connectivity index is 1.62. The highest BCUT2D eigenvalue weighted by Gasteiger charge is 2.18. The van der Waals surface area contributed by atoms with Crippen LogP contribution < -0.4 is 15.8 Å². The highest BCUT2D eigenvalue weighted by molar-refractivity contribution is 5.82. The molecule has 0 unspecified atom stereocenters. The Kier molecular flexibility index (Phi) is 6.82. The molecule has 0 saturated carbocycles. The predicted molar refractivity (Wildman–Crippen MR) is 100 cm³/mol. The van der Waals surface area contributed by atoms with Crippen LogP contribution in [-0.4, -0.2) is 49.4 Å². The van der Waals surface area contributed by atoms with E-state index in [1.165, 1.54) is 5.69 Å². The van der Waals surface area contributed by atoms with Crippen molar-refractivity contribution in [2.24, 2.45) is 5.41 Å². The van der Waals surface area contributed by atoms with E-state index >= 15 is 0 Å². The first kappa shape index (κ1) is 19.2. The zero-order valence-corrected chi connectivity index (χ0v) is 15.5. The van der Waals surface area contributed by atoms with Gasteiger partial charge in [-0.05, 0) is 17.5 Å². The van der Waals surface area contributed by atoms with Gasteiger partial charge in [0.1, 0.15) is 0 Å². The Bertz CT molecular complexity index is 561. The molecule has 138 valence electrons. The summed E-state index contributed by atoms with van der Waals surface area (Å²) in [4.78, 5) is 28.2. The summed E-state index contributed by atoms with van der Waals surface area (Å²) in [5.74, 6) is -0.301. The van der Waals surface area contributed by atoms with Gasteiger partial charge in [0.2, 0.25) is 11.8 Å². The Morgan fingerprint density at radius 2 is 1.56 bits per heavy atom. The molecule has 0 spiro atoms. The SMILES string of the molecule is CC(C)(C)CC(=O)NNC(=O)CCN1CCN(c2ccccc2)CC1. The normalized spacial score (nSPS) is 15.7. The molecule has 6 nitrogen and oxygen atoms in total. The highest BCUT2D eigenvalue weighted by Crippen LogP contribution is 2.17. The van der Waals surface area contributed by atoms with Crippen molar-refractivity contribution in [1.82, 2.24) is 15.8 Å². The van der Waals surface area contributed by atoms with Crippen LogP contribution in [0.1, 0.15) is 33.6 Å². The van der Waals surface area contributed by atoms with E-state index < -0.39 is 0 Å². The number of para-hydroxylation sites is 1. The van der Waals surface area contributed by atoms with Crippen LogP contribution in [0, 0.1) is 5.41 Å². The number of anilines is 1. The van der Waals surface area contributed by atoms with Crippen LogP contribution in [0.25, 0.3) is 0 Å². The number of nitrogens with zero attached hydrogens (tertiary/aromatic N) is 2. The van der Waals surface area contributed by atoms with Gasteiger partial charge < -0.3 is 4.90 Å². The summed E-state index contributed by atoms with van der Waals surface area (Å²) in [5, 5.41) is 0. The lowest BCUT2D eigenvalue weighted by Gasteiger charge is -2.36. The van der Waals surface area contributed by atoms with E-state index in [1.54, 1.807) is 0 Å². The first-order valence-electron chi connectivity index (χ1n) is 8.93. The van der Waals surface area contributed by atoms with Gasteiger partial charge in [0, 0.05) is 51.3 Å². The standard InChI is InChI=1S/C19H30N4O2/c1-19(2,3)15-18(25)21-20-17(24)9-10-22-11-13-23(14-12-22)16-7-5-4-6-8-16/h4-8H,9-15H2,1-3H3,(H,20,24)(H,21,25). The van der Waals surface area contributed by atoms with Crippen molar-refractivity contribution in [3.05, 3.63) is 30.3 Å². The Morgan fingerprint density at radius 1 is 0.960 bits per heavy atom. The van der Waals surface area contributed by atoms with Crippen LogP contribution in [0.5, 0.6) is 0 Å². The van der Waals surface area contributed by atoms with Gasteiger partial charge in [-0.2, -0.15) is 0 Å². The molecule has 25 heavy (non-hydrogen) atoms. The van der Waals surface area contributed by atoms with Crippen molar-refractivity contribution in [3.8, 4) is 0 Å². The molecule has 1 aromatic rings. The number of hydrogen-bond donors (Lipinski definition) is 2. The zero-order chi connectivity index (χ0) is 18.3. The molecule has 0 atom stereocenters. The second-order valence-electron chi connectivity index (χ2n) is 7.75. The predicted octanol–water partition coefficient (Wildman–Crippen LogP) is 1.78. The number of carbonyl (C=O) groups excluding carboxylic acids is 2. The molecule has 0 aromatic heterocycles. The Morgan fingerprint density at radius 3 is 2.16 bits per heavy atom. The molecular formula is C19H30N4O2. The number of carbonyl (C=O) groups is 2. The number of nitrogens with one attached hydrogen (secondary N) is 2. The topological polar surface area (TPSA) is 64.7 Å². The fourth-order valence-electron chi connectivity index (χ4n) is 2.86. The fraction of sp³-hybridized carbons (Fsp3) is 0.579. The summed E-state index contributed by atoms with van der Waals surface area (Å²) in [7, 11) is 0. The summed E-state index contributed by atoms with van der Waals surface area (Å²) in [6, 6.07) is 10.4. The second-order valence-corrected chi connectivity index (χ2v) is 7.75. The third kappa shape index (κ3) is 7.13. The van der Waals surface area contributed by atoms with Gasteiger partial charge in [-0.15, -0.1) is 0 Å². The number of amides is 2. The van der Waals surface area contributed by atoms with E-state index in [4.69, 9.17) is 0 Å². The Hall–Kier alpha value is -2.08. The number of benzene rings is 1. The van der Waals surface area contributed by atoms with Crippen molar-refractivity contribution in [2.75, 3.05) is 37.6 Å². The minimum absolute atomic E-state index is 0.0900. The van der Waals surface area contributed by atoms with Crippen molar-refractivity contribution in [2.45, 2.75) is 33.6 Å². The fourth-order valence-corrected chi connectivity index (χ4v) is 2.86. The average molecular weight is 346 g/mol. The van der Waals surface area contributed by atoms with Crippen LogP contribution in [-0.2, 0) is 9.59 Å². The minimum Gasteiger partial charge on any atom is -0.369 e. The van der Waals surface area contributed by atoms with Gasteiger partial charge in [-0.1, -0.05) is 39.0 Å². The lowest BCUT2D eigenvalue weighted by Crippen LogP contribution is -2.48. The molecule has 1 aromatic carbocycles. The number of piperazine rings is 1. The lowest BCUT2D eigenvalue weighted by atomic mass is 9.92. The molecule has 2 rings (SSSR count). The summed E-state index contributed by atoms with van der Waals surface area (Å²) in [6.07, 6.45) is 0.774. The molecule has 1 fully saturated rings. The number of hydrazine groups is 1. The van der Waals surface area contributed by atoms with Gasteiger partial charge >= 0.3 is 0 Å². The van der Waals surface area contributed by atoms with E-state index in [1.807, 2.05) is 26.8 Å². The Labute approximate surface area is 150 Å². The van der Waals surface area contributed by atoms with Crippen LogP contribution in [0.15, 0.2) is 30.3 Å². The van der Waals surface area contributed by atoms with E-state index in [0.717, 1.165) is 26.2 Å². The molecule has 2 amide bonds. The van der Waals surface area contributed by atoms with Gasteiger partial charge in [-0.25, -0.2) is 0 Å². The molecular weight excluding hydrogens is 316 g/mol. The van der Waals surface area contributed by atoms with Crippen LogP contribution in [0.2, 0.25) is 0 Å². The van der Waals surface area contributed by atoms with E-state index in [2.05, 4.69) is 44.9 Å². The maximum atomic E-state index is 11.9. The van der Waals surface area contributed by atoms with Crippen molar-refractivity contribution in [3.63, 3.8) is 0 Å². The lowest BCUT2D eigenvalue weighted by molar-refractivity contribution is -0.130. The van der Waals surface area contributed by atoms with Gasteiger partial charge in [0.05, 0.1) is 0 Å². The van der Waals surface area contributed by atoms with Crippen LogP contribution in [0.4, 0.5) is 5.69 Å². The summed E-state index contributed by atoms with van der Waals surface area (Å²) < 4.78 is 0. The van der Waals surface area contributed by atoms with Gasteiger partial charge in [-0.3, -0.25) is 25.3 Å². The zero-order valence-electron chi connectivity index (χ0n) is 15.5. The average Bonchev–Trinajstić information content (AvgIpc) is 2.58. The molecule has 0 radical (unpaired) electrons. The molecule has 0 aliphatic carbocycles. The molecule has 1 aliphatic heterocycles. The van der Waals surface area contributed by atoms with Crippen molar-refractivity contribution < 1.29 is 9.59 Å². The summed E-state index contributed by atoms with van der Waals surface area (Å²) >= 11 is 0. The highest BCUT2D eigenvalue weighted by atomic mass is 16.2. The third-order valence-electron chi connectivity index (χ3n) is 4.18. The van der Waals surface area contributed by atoms with Gasteiger partial charge in [0.15, 0.2) is 0 Å². The largest absolute Gasteiger partial charge is 0.369 e. The maximum absolute atomic E-state index is 11.9. The van der Waals surface area contributed by atoms with Crippen LogP contribution in [0.3, 0.4) is 0 Å². The minimum atomic E-state index is -0.155. The number of rotatable bonds is 5. The summed E-state index contributed by atoms with van der Waals surface area (Å²) in [6.45, 7) is 10.5. The smallest absolute Gasteiger partial charge is 0.239 e. The molecule has 0 bridgehead atoms. The second kappa shape index (κ2) is 8.85. The maximum Gasteiger partial charge on any atom is 0.239 e. The van der Waals surface area contributed by atoms with E-state index in [0.29, 0.717) is 19.4 Å². The molecule has 2 N–H and O–H groups in total. The van der Waals surface area contributed by atoms with E-state index in [9.17, 15) is 9.59 Å².